The van der Waals surface area contributed by atoms with Gasteiger partial charge in [0, 0.05) is 25.8 Å². The lowest BCUT2D eigenvalue weighted by molar-refractivity contribution is -0.385. The molecule has 1 heterocycles. The molecule has 0 aliphatic carbocycles. The third-order valence-electron chi connectivity index (χ3n) is 3.73. The number of halogens is 1. The minimum atomic E-state index is -0.850. The molecule has 1 saturated heterocycles. The molecule has 0 radical (unpaired) electrons. The van der Waals surface area contributed by atoms with Crippen LogP contribution >= 0.6 is 0 Å². The summed E-state index contributed by atoms with van der Waals surface area (Å²) in [5.74, 6) is -1.24. The topological polar surface area (TPSA) is 107 Å². The second kappa shape index (κ2) is 6.15. The first-order chi connectivity index (χ1) is 9.98. The van der Waals surface area contributed by atoms with Gasteiger partial charge < -0.3 is 15.8 Å². The summed E-state index contributed by atoms with van der Waals surface area (Å²) in [6, 6.07) is 3.08. The summed E-state index contributed by atoms with van der Waals surface area (Å²) in [5, 5.41) is 13.0. The lowest BCUT2D eigenvalue weighted by Gasteiger charge is -2.34. The molecule has 0 unspecified atom stereocenters. The van der Waals surface area contributed by atoms with Gasteiger partial charge in [0.2, 0.25) is 5.91 Å². The van der Waals surface area contributed by atoms with E-state index in [0.717, 1.165) is 12.1 Å². The Balaban J connectivity index is 2.17. The summed E-state index contributed by atoms with van der Waals surface area (Å²) in [4.78, 5) is 22.2. The normalized spacial score (nSPS) is 17.2. The maximum atomic E-state index is 13.8. The van der Waals surface area contributed by atoms with Gasteiger partial charge >= 0.3 is 0 Å². The molecule has 0 aromatic heterocycles. The van der Waals surface area contributed by atoms with E-state index in [1.165, 1.54) is 6.07 Å². The highest BCUT2D eigenvalue weighted by molar-refractivity contribution is 5.95. The van der Waals surface area contributed by atoms with Crippen LogP contribution in [0.4, 0.5) is 15.8 Å². The minimum Gasteiger partial charge on any atom is -0.381 e. The first kappa shape index (κ1) is 15.3. The number of nitro benzene ring substituents is 1. The van der Waals surface area contributed by atoms with Crippen LogP contribution in [0.2, 0.25) is 0 Å². The molecule has 8 heteroatoms. The molecule has 1 aliphatic heterocycles. The molecule has 114 valence electrons. The predicted molar refractivity (Wildman–Crippen MR) is 73.2 cm³/mol. The van der Waals surface area contributed by atoms with Crippen molar-refractivity contribution < 1.29 is 18.8 Å². The molecule has 2 rings (SSSR count). The Morgan fingerprint density at radius 2 is 2.14 bits per heavy atom. The Kier molecular flexibility index (Phi) is 4.49. The zero-order valence-electron chi connectivity index (χ0n) is 11.3. The van der Waals surface area contributed by atoms with Crippen molar-refractivity contribution in [3.8, 4) is 0 Å². The summed E-state index contributed by atoms with van der Waals surface area (Å²) in [7, 11) is 0. The van der Waals surface area contributed by atoms with Crippen LogP contribution in [-0.4, -0.2) is 30.6 Å². The van der Waals surface area contributed by atoms with E-state index < -0.39 is 16.2 Å². The average Bonchev–Trinajstić information content (AvgIpc) is 2.49. The number of hydrogen-bond donors (Lipinski definition) is 2. The number of nitro groups is 1. The molecule has 3 N–H and O–H groups in total. The highest BCUT2D eigenvalue weighted by Crippen LogP contribution is 2.31. The number of ether oxygens (including phenoxy) is 1. The summed E-state index contributed by atoms with van der Waals surface area (Å²) in [6.45, 7) is 0.984. The van der Waals surface area contributed by atoms with Crippen LogP contribution in [0.25, 0.3) is 0 Å². The van der Waals surface area contributed by atoms with Gasteiger partial charge in [0.1, 0.15) is 0 Å². The van der Waals surface area contributed by atoms with Crippen molar-refractivity contribution in [2.45, 2.75) is 12.8 Å². The van der Waals surface area contributed by atoms with Crippen LogP contribution < -0.4 is 11.1 Å². The fourth-order valence-corrected chi connectivity index (χ4v) is 2.26. The van der Waals surface area contributed by atoms with Crippen LogP contribution in [0.3, 0.4) is 0 Å². The van der Waals surface area contributed by atoms with Crippen LogP contribution in [-0.2, 0) is 9.53 Å². The molecule has 0 atom stereocenters. The van der Waals surface area contributed by atoms with Crippen molar-refractivity contribution in [2.75, 3.05) is 25.1 Å². The van der Waals surface area contributed by atoms with Gasteiger partial charge in [0.05, 0.1) is 22.1 Å². The van der Waals surface area contributed by atoms with Gasteiger partial charge in [-0.05, 0) is 18.9 Å². The Labute approximate surface area is 120 Å². The standard InChI is InChI=1S/C13H16FN3O4/c14-10-7-9(17(19)20)1-2-11(10)16-12(18)13(8-15)3-5-21-6-4-13/h1-2,7H,3-6,8,15H2,(H,16,18). The van der Waals surface area contributed by atoms with E-state index in [1.54, 1.807) is 0 Å². The fraction of sp³-hybridized carbons (Fsp3) is 0.462. The smallest absolute Gasteiger partial charge is 0.272 e. The molecule has 0 spiro atoms. The molecule has 1 aliphatic rings. The van der Waals surface area contributed by atoms with Gasteiger partial charge in [-0.1, -0.05) is 0 Å². The van der Waals surface area contributed by atoms with Crippen LogP contribution in [0, 0.1) is 21.3 Å². The second-order valence-corrected chi connectivity index (χ2v) is 4.97. The third kappa shape index (κ3) is 3.17. The highest BCUT2D eigenvalue weighted by Gasteiger charge is 2.39. The highest BCUT2D eigenvalue weighted by atomic mass is 19.1. The van der Waals surface area contributed by atoms with Crippen LogP contribution in [0.15, 0.2) is 18.2 Å². The number of carbonyl (C=O) groups is 1. The number of amides is 1. The second-order valence-electron chi connectivity index (χ2n) is 4.97. The molecule has 1 amide bonds. The van der Waals surface area contributed by atoms with E-state index in [2.05, 4.69) is 5.32 Å². The zero-order valence-corrected chi connectivity index (χ0v) is 11.3. The van der Waals surface area contributed by atoms with E-state index in [1.807, 2.05) is 0 Å². The Hall–Kier alpha value is -2.06. The molecular weight excluding hydrogens is 281 g/mol. The van der Waals surface area contributed by atoms with E-state index >= 15 is 0 Å². The largest absolute Gasteiger partial charge is 0.381 e. The lowest BCUT2D eigenvalue weighted by Crippen LogP contribution is -2.46. The van der Waals surface area contributed by atoms with Crippen LogP contribution in [0.5, 0.6) is 0 Å². The van der Waals surface area contributed by atoms with Crippen molar-refractivity contribution in [1.82, 2.24) is 0 Å². The van der Waals surface area contributed by atoms with Gasteiger partial charge in [-0.15, -0.1) is 0 Å². The maximum Gasteiger partial charge on any atom is 0.272 e. The number of hydrogen-bond acceptors (Lipinski definition) is 5. The monoisotopic (exact) mass is 297 g/mol. The lowest BCUT2D eigenvalue weighted by atomic mass is 9.79. The number of benzene rings is 1. The first-order valence-corrected chi connectivity index (χ1v) is 6.52. The minimum absolute atomic E-state index is 0.0927. The number of nitrogens with two attached hydrogens (primary N) is 1. The quantitative estimate of drug-likeness (QED) is 0.645. The van der Waals surface area contributed by atoms with Gasteiger partial charge in [0.25, 0.3) is 5.69 Å². The molecule has 1 fully saturated rings. The summed E-state index contributed by atoms with van der Waals surface area (Å²) >= 11 is 0. The van der Waals surface area contributed by atoms with Gasteiger partial charge in [0.15, 0.2) is 5.82 Å². The van der Waals surface area contributed by atoms with Gasteiger partial charge in [-0.2, -0.15) is 0 Å². The third-order valence-corrected chi connectivity index (χ3v) is 3.73. The number of carbonyl (C=O) groups excluding carboxylic acids is 1. The van der Waals surface area contributed by atoms with E-state index in [4.69, 9.17) is 10.5 Å². The van der Waals surface area contributed by atoms with E-state index in [9.17, 15) is 19.3 Å². The van der Waals surface area contributed by atoms with Crippen molar-refractivity contribution in [2.24, 2.45) is 11.1 Å². The van der Waals surface area contributed by atoms with E-state index in [-0.39, 0.29) is 23.8 Å². The summed E-state index contributed by atoms with van der Waals surface area (Å²) in [6.07, 6.45) is 0.924. The van der Waals surface area contributed by atoms with Crippen molar-refractivity contribution in [1.29, 1.82) is 0 Å². The van der Waals surface area contributed by atoms with Crippen molar-refractivity contribution in [3.63, 3.8) is 0 Å². The van der Waals surface area contributed by atoms with Gasteiger partial charge in [-0.3, -0.25) is 14.9 Å². The predicted octanol–water partition coefficient (Wildman–Crippen LogP) is 1.43. The molecule has 1 aromatic carbocycles. The molecule has 0 bridgehead atoms. The van der Waals surface area contributed by atoms with E-state index in [0.29, 0.717) is 26.1 Å². The molecule has 21 heavy (non-hydrogen) atoms. The Bertz CT molecular complexity index is 558. The number of nitrogens with zero attached hydrogens (tertiary/aromatic N) is 1. The van der Waals surface area contributed by atoms with Gasteiger partial charge in [-0.25, -0.2) is 4.39 Å². The number of anilines is 1. The Morgan fingerprint density at radius 1 is 1.48 bits per heavy atom. The zero-order chi connectivity index (χ0) is 15.5. The molecule has 7 nitrogen and oxygen atoms in total. The molecular formula is C13H16FN3O4. The SMILES string of the molecule is NCC1(C(=O)Nc2ccc([N+](=O)[O-])cc2F)CCOCC1. The van der Waals surface area contributed by atoms with Crippen LogP contribution in [0.1, 0.15) is 12.8 Å². The van der Waals surface area contributed by atoms with Crippen molar-refractivity contribution in [3.05, 3.63) is 34.1 Å². The number of non-ortho nitro benzene ring substituents is 1. The molecule has 0 saturated carbocycles. The Morgan fingerprint density at radius 3 is 2.67 bits per heavy atom. The maximum absolute atomic E-state index is 13.8. The molecule has 1 aromatic rings. The number of rotatable bonds is 4. The van der Waals surface area contributed by atoms with Crippen molar-refractivity contribution >= 4 is 17.3 Å². The first-order valence-electron chi connectivity index (χ1n) is 6.52. The number of nitrogens with one attached hydrogen (secondary N) is 1. The summed E-state index contributed by atoms with van der Waals surface area (Å²) in [5.41, 5.74) is 4.45. The fourth-order valence-electron chi connectivity index (χ4n) is 2.26. The average molecular weight is 297 g/mol. The summed E-state index contributed by atoms with van der Waals surface area (Å²) < 4.78 is 19.0.